The lowest BCUT2D eigenvalue weighted by molar-refractivity contribution is -0.141. The van der Waals surface area contributed by atoms with Crippen LogP contribution in [0.2, 0.25) is 5.02 Å². The van der Waals surface area contributed by atoms with Crippen LogP contribution < -0.4 is 0 Å². The van der Waals surface area contributed by atoms with E-state index < -0.39 is 39.9 Å². The Bertz CT molecular complexity index is 1470. The third-order valence-electron chi connectivity index (χ3n) is 8.02. The summed E-state index contributed by atoms with van der Waals surface area (Å²) in [6, 6.07) is 22.3. The molecule has 1 saturated heterocycles. The zero-order valence-electron chi connectivity index (χ0n) is 24.5. The van der Waals surface area contributed by atoms with Crippen LogP contribution in [-0.2, 0) is 32.3 Å². The van der Waals surface area contributed by atoms with Crippen molar-refractivity contribution in [3.05, 3.63) is 106 Å². The second-order valence-electron chi connectivity index (χ2n) is 11.1. The maximum atomic E-state index is 13.7. The van der Waals surface area contributed by atoms with Crippen LogP contribution >= 0.6 is 11.6 Å². The molecule has 0 aliphatic carbocycles. The molecule has 4 rings (SSSR count). The number of carbonyl (C=O) groups is 1. The van der Waals surface area contributed by atoms with E-state index in [4.69, 9.17) is 16.3 Å². The zero-order valence-corrected chi connectivity index (χ0v) is 26.0. The van der Waals surface area contributed by atoms with Gasteiger partial charge in [-0.25, -0.2) is 8.42 Å². The number of nitrogens with zero attached hydrogens (tertiary/aromatic N) is 2. The van der Waals surface area contributed by atoms with E-state index in [9.17, 15) is 31.5 Å². The molecule has 1 fully saturated rings. The molecule has 1 heterocycles. The molecule has 3 atom stereocenters. The summed E-state index contributed by atoms with van der Waals surface area (Å²) in [4.78, 5) is 13.7. The number of rotatable bonds is 13. The van der Waals surface area contributed by atoms with Gasteiger partial charge in [0.2, 0.25) is 10.0 Å². The van der Waals surface area contributed by atoms with Crippen LogP contribution in [0.15, 0.2) is 78.9 Å². The van der Waals surface area contributed by atoms with Crippen LogP contribution in [0.25, 0.3) is 0 Å². The maximum Gasteiger partial charge on any atom is 0.417 e. The van der Waals surface area contributed by atoms with Gasteiger partial charge in [0.1, 0.15) is 6.04 Å². The van der Waals surface area contributed by atoms with Gasteiger partial charge in [-0.05, 0) is 36.1 Å². The summed E-state index contributed by atoms with van der Waals surface area (Å²) < 4.78 is 72.2. The van der Waals surface area contributed by atoms with Gasteiger partial charge < -0.3 is 9.84 Å². The van der Waals surface area contributed by atoms with Crippen molar-refractivity contribution in [2.75, 3.05) is 26.0 Å². The van der Waals surface area contributed by atoms with Crippen molar-refractivity contribution in [1.29, 1.82) is 0 Å². The molecule has 0 radical (unpaired) electrons. The number of sulfonamides is 1. The first-order chi connectivity index (χ1) is 20.8. The molecule has 1 N–H and O–H groups in total. The van der Waals surface area contributed by atoms with Crippen LogP contribution in [0.3, 0.4) is 0 Å². The highest BCUT2D eigenvalue weighted by Crippen LogP contribution is 2.37. The van der Waals surface area contributed by atoms with Crippen molar-refractivity contribution in [3.8, 4) is 0 Å². The van der Waals surface area contributed by atoms with Gasteiger partial charge in [0, 0.05) is 44.6 Å². The van der Waals surface area contributed by atoms with E-state index in [-0.39, 0.29) is 43.1 Å². The van der Waals surface area contributed by atoms with E-state index in [1.54, 1.807) is 6.07 Å². The predicted octanol–water partition coefficient (Wildman–Crippen LogP) is 6.28. The topological polar surface area (TPSA) is 87.1 Å². The van der Waals surface area contributed by atoms with E-state index in [1.807, 2.05) is 67.6 Å². The molecule has 3 aromatic rings. The van der Waals surface area contributed by atoms with Crippen molar-refractivity contribution in [1.82, 2.24) is 9.21 Å². The van der Waals surface area contributed by atoms with E-state index in [0.29, 0.717) is 18.5 Å². The fraction of sp³-hybridized carbons (Fsp3) is 0.406. The highest BCUT2D eigenvalue weighted by atomic mass is 35.5. The molecule has 0 amide bonds. The monoisotopic (exact) mass is 652 g/mol. The summed E-state index contributed by atoms with van der Waals surface area (Å²) in [5, 5.41) is 9.17. The number of ether oxygens (including phenoxy) is 1. The maximum absolute atomic E-state index is 13.7. The Labute approximate surface area is 261 Å². The summed E-state index contributed by atoms with van der Waals surface area (Å²) >= 11 is 6.32. The van der Waals surface area contributed by atoms with Crippen molar-refractivity contribution in [3.63, 3.8) is 0 Å². The number of carboxylic acid groups (broad SMARTS) is 1. The minimum absolute atomic E-state index is 0.0322. The Kier molecular flexibility index (Phi) is 11.1. The van der Waals surface area contributed by atoms with Crippen molar-refractivity contribution >= 4 is 27.6 Å². The molecule has 0 unspecified atom stereocenters. The smallest absolute Gasteiger partial charge is 0.417 e. The molecule has 0 bridgehead atoms. The van der Waals surface area contributed by atoms with Crippen LogP contribution in [0.4, 0.5) is 13.2 Å². The molecule has 3 aromatic carbocycles. The lowest BCUT2D eigenvalue weighted by atomic mass is 9.90. The Morgan fingerprint density at radius 1 is 1.05 bits per heavy atom. The van der Waals surface area contributed by atoms with Gasteiger partial charge in [-0.15, -0.1) is 0 Å². The van der Waals surface area contributed by atoms with E-state index >= 15 is 0 Å². The summed E-state index contributed by atoms with van der Waals surface area (Å²) in [5.74, 6) is -1.33. The third kappa shape index (κ3) is 8.60. The van der Waals surface area contributed by atoms with E-state index in [2.05, 4.69) is 4.90 Å². The number of halogens is 4. The van der Waals surface area contributed by atoms with Crippen molar-refractivity contribution in [2.45, 2.75) is 56.6 Å². The largest absolute Gasteiger partial charge is 0.480 e. The lowest BCUT2D eigenvalue weighted by Crippen LogP contribution is -2.39. The molecule has 7 nitrogen and oxygen atoms in total. The zero-order chi connectivity index (χ0) is 32.1. The van der Waals surface area contributed by atoms with Crippen LogP contribution in [-0.4, -0.2) is 72.8 Å². The molecule has 0 spiro atoms. The van der Waals surface area contributed by atoms with Gasteiger partial charge >= 0.3 is 12.1 Å². The molecule has 238 valence electrons. The van der Waals surface area contributed by atoms with Crippen LogP contribution in [0.5, 0.6) is 0 Å². The Balaban J connectivity index is 1.57. The van der Waals surface area contributed by atoms with E-state index in [1.165, 1.54) is 6.07 Å². The molecule has 1 aliphatic rings. The van der Waals surface area contributed by atoms with Gasteiger partial charge in [-0.1, -0.05) is 84.4 Å². The first kappa shape index (κ1) is 33.9. The second kappa shape index (κ2) is 14.4. The first-order valence-electron chi connectivity index (χ1n) is 14.3. The highest BCUT2D eigenvalue weighted by Gasteiger charge is 2.42. The highest BCUT2D eigenvalue weighted by molar-refractivity contribution is 7.88. The number of hydrogen-bond donors (Lipinski definition) is 1. The lowest BCUT2D eigenvalue weighted by Gasteiger charge is -2.34. The van der Waals surface area contributed by atoms with Crippen molar-refractivity contribution in [2.24, 2.45) is 0 Å². The number of alkyl halides is 3. The normalized spacial score (nSPS) is 18.6. The summed E-state index contributed by atoms with van der Waals surface area (Å²) in [7, 11) is -3.73. The quantitative estimate of drug-likeness (QED) is 0.234. The van der Waals surface area contributed by atoms with Gasteiger partial charge in [0.05, 0.1) is 22.9 Å². The third-order valence-corrected chi connectivity index (χ3v) is 9.72. The summed E-state index contributed by atoms with van der Waals surface area (Å²) in [6.45, 7) is 2.71. The van der Waals surface area contributed by atoms with Gasteiger partial charge in [-0.2, -0.15) is 17.5 Å². The molecular formula is C32H36ClF3N2O5S. The first-order valence-corrected chi connectivity index (χ1v) is 16.5. The second-order valence-corrected chi connectivity index (χ2v) is 13.4. The number of hydrogen-bond acceptors (Lipinski definition) is 5. The number of benzene rings is 3. The molecule has 0 aromatic heterocycles. The van der Waals surface area contributed by atoms with E-state index in [0.717, 1.165) is 27.8 Å². The molecule has 0 saturated carbocycles. The standard InChI is InChI=1S/C32H36ClF3N2O5S/c1-22(16-17-43-26-18-29(31(39)40)38(20-26)44(2,41)42)37(19-25-14-9-15-28(30(25)33)32(34,35)36)21-27(23-10-5-3-6-11-23)24-12-7-4-8-13-24/h3-15,22,26-27,29H,16-21H2,1-2H3,(H,39,40)/t22-,26-,29-/m1/s1. The summed E-state index contributed by atoms with van der Waals surface area (Å²) in [6.07, 6.45) is -3.72. The van der Waals surface area contributed by atoms with Gasteiger partial charge in [-0.3, -0.25) is 9.69 Å². The average molecular weight is 653 g/mol. The van der Waals surface area contributed by atoms with Crippen molar-refractivity contribution < 1.29 is 36.2 Å². The van der Waals surface area contributed by atoms with Gasteiger partial charge in [0.15, 0.2) is 0 Å². The molecule has 12 heteroatoms. The number of aliphatic carboxylic acids is 1. The van der Waals surface area contributed by atoms with Gasteiger partial charge in [0.25, 0.3) is 0 Å². The van der Waals surface area contributed by atoms with Crippen LogP contribution in [0, 0.1) is 0 Å². The fourth-order valence-corrected chi connectivity index (χ4v) is 6.99. The SMILES string of the molecule is C[C@H](CCO[C@@H]1C[C@H](C(=O)O)N(S(C)(=O)=O)C1)N(Cc1cccc(C(F)(F)F)c1Cl)CC(c1ccccc1)c1ccccc1. The molecular weight excluding hydrogens is 617 g/mol. The van der Waals surface area contributed by atoms with Crippen LogP contribution in [0.1, 0.15) is 47.9 Å². The minimum Gasteiger partial charge on any atom is -0.480 e. The summed E-state index contributed by atoms with van der Waals surface area (Å²) in [5.41, 5.74) is 1.56. The Hall–Kier alpha value is -2.96. The number of carboxylic acids is 1. The Morgan fingerprint density at radius 2 is 1.64 bits per heavy atom. The predicted molar refractivity (Wildman–Crippen MR) is 163 cm³/mol. The average Bonchev–Trinajstić information content (AvgIpc) is 3.42. The molecule has 44 heavy (non-hydrogen) atoms. The fourth-order valence-electron chi connectivity index (χ4n) is 5.62. The Morgan fingerprint density at radius 3 is 2.14 bits per heavy atom. The minimum atomic E-state index is -4.59. The molecule has 1 aliphatic heterocycles.